The molecule has 0 aliphatic heterocycles. The number of aromatic nitrogens is 3. The summed E-state index contributed by atoms with van der Waals surface area (Å²) in [7, 11) is 0. The largest absolute Gasteiger partial charge is 0.464 e. The molecular weight excluding hydrogens is 246 g/mol. The molecule has 0 radical (unpaired) electrons. The normalized spacial score (nSPS) is 12.0. The van der Waals surface area contributed by atoms with Crippen molar-refractivity contribution in [2.45, 2.75) is 33.8 Å². The Balaban J connectivity index is 2.69. The molecule has 108 valence electrons. The maximum Gasteiger partial charge on any atom is 0.323 e. The maximum absolute atomic E-state index is 5.44. The van der Waals surface area contributed by atoms with Crippen molar-refractivity contribution in [3.05, 3.63) is 0 Å². The highest BCUT2D eigenvalue weighted by molar-refractivity contribution is 5.35. The highest BCUT2D eigenvalue weighted by Crippen LogP contribution is 2.11. The number of hydrogen-bond donors (Lipinski definition) is 2. The molecule has 0 aliphatic rings. The molecule has 1 rings (SSSR count). The predicted octanol–water partition coefficient (Wildman–Crippen LogP) is 1.54. The summed E-state index contributed by atoms with van der Waals surface area (Å²) in [6.45, 7) is 10.4. The van der Waals surface area contributed by atoms with E-state index in [0.29, 0.717) is 37.7 Å². The molecule has 1 unspecified atom stereocenters. The summed E-state index contributed by atoms with van der Waals surface area (Å²) in [5.74, 6) is 0.994. The topological polar surface area (TPSA) is 81.2 Å². The smallest absolute Gasteiger partial charge is 0.323 e. The van der Waals surface area contributed by atoms with Crippen molar-refractivity contribution in [3.8, 4) is 6.01 Å². The summed E-state index contributed by atoms with van der Waals surface area (Å²) in [6.07, 6.45) is 0.0971. The molecule has 1 atom stereocenters. The Bertz CT molecular complexity index is 351. The van der Waals surface area contributed by atoms with Gasteiger partial charge in [0.05, 0.1) is 12.7 Å². The van der Waals surface area contributed by atoms with Crippen LogP contribution in [0.3, 0.4) is 0 Å². The number of nitrogens with zero attached hydrogens (tertiary/aromatic N) is 3. The van der Waals surface area contributed by atoms with Crippen molar-refractivity contribution >= 4 is 11.9 Å². The minimum Gasteiger partial charge on any atom is -0.464 e. The first-order valence-electron chi connectivity index (χ1n) is 6.67. The molecule has 1 aromatic rings. The van der Waals surface area contributed by atoms with Gasteiger partial charge in [-0.1, -0.05) is 0 Å². The molecule has 0 aromatic carbocycles. The Morgan fingerprint density at radius 1 is 1.00 bits per heavy atom. The first-order chi connectivity index (χ1) is 9.19. The third-order valence-corrected chi connectivity index (χ3v) is 2.22. The summed E-state index contributed by atoms with van der Waals surface area (Å²) < 4.78 is 10.8. The predicted molar refractivity (Wildman–Crippen MR) is 74.7 cm³/mol. The lowest BCUT2D eigenvalue weighted by molar-refractivity contribution is 0.0854. The second kappa shape index (κ2) is 8.47. The Morgan fingerprint density at radius 2 is 1.68 bits per heavy atom. The minimum atomic E-state index is 0.0971. The van der Waals surface area contributed by atoms with Gasteiger partial charge in [0.15, 0.2) is 0 Å². The summed E-state index contributed by atoms with van der Waals surface area (Å²) >= 11 is 0. The van der Waals surface area contributed by atoms with Gasteiger partial charge in [0.2, 0.25) is 11.9 Å². The molecule has 0 saturated carbocycles. The fourth-order valence-electron chi connectivity index (χ4n) is 1.44. The standard InChI is InChI=1S/C12H23N5O2/c1-5-13-10-15-11(14-8-9(4)18-6-2)17-12(16-10)19-7-3/h9H,5-8H2,1-4H3,(H2,13,14,15,16,17). The fourth-order valence-corrected chi connectivity index (χ4v) is 1.44. The van der Waals surface area contributed by atoms with E-state index in [1.54, 1.807) is 0 Å². The van der Waals surface area contributed by atoms with Crippen molar-refractivity contribution in [1.29, 1.82) is 0 Å². The van der Waals surface area contributed by atoms with Crippen molar-refractivity contribution in [2.75, 3.05) is 36.9 Å². The molecule has 0 saturated heterocycles. The summed E-state index contributed by atoms with van der Waals surface area (Å²) in [5, 5.41) is 6.17. The van der Waals surface area contributed by atoms with E-state index < -0.39 is 0 Å². The fraction of sp³-hybridized carbons (Fsp3) is 0.750. The zero-order valence-electron chi connectivity index (χ0n) is 12.1. The Kier molecular flexibility index (Phi) is 6.88. The van der Waals surface area contributed by atoms with Crippen LogP contribution in [0, 0.1) is 0 Å². The van der Waals surface area contributed by atoms with E-state index in [9.17, 15) is 0 Å². The molecule has 1 aromatic heterocycles. The maximum atomic E-state index is 5.44. The Morgan fingerprint density at radius 3 is 2.26 bits per heavy atom. The van der Waals surface area contributed by atoms with Gasteiger partial charge in [0.25, 0.3) is 0 Å². The van der Waals surface area contributed by atoms with Crippen molar-refractivity contribution in [1.82, 2.24) is 15.0 Å². The van der Waals surface area contributed by atoms with Crippen molar-refractivity contribution in [3.63, 3.8) is 0 Å². The molecule has 7 heteroatoms. The number of ether oxygens (including phenoxy) is 2. The minimum absolute atomic E-state index is 0.0971. The lowest BCUT2D eigenvalue weighted by atomic mass is 10.4. The van der Waals surface area contributed by atoms with Crippen LogP contribution >= 0.6 is 0 Å². The molecule has 0 bridgehead atoms. The Hall–Kier alpha value is -1.63. The molecule has 0 amide bonds. The van der Waals surface area contributed by atoms with Gasteiger partial charge in [-0.25, -0.2) is 0 Å². The van der Waals surface area contributed by atoms with Crippen molar-refractivity contribution < 1.29 is 9.47 Å². The number of anilines is 2. The van der Waals surface area contributed by atoms with Crippen LogP contribution in [0.2, 0.25) is 0 Å². The van der Waals surface area contributed by atoms with Crippen LogP contribution in [0.15, 0.2) is 0 Å². The zero-order chi connectivity index (χ0) is 14.1. The summed E-state index contributed by atoms with van der Waals surface area (Å²) in [5.41, 5.74) is 0. The average Bonchev–Trinajstić information content (AvgIpc) is 2.37. The third-order valence-electron chi connectivity index (χ3n) is 2.22. The van der Waals surface area contributed by atoms with Gasteiger partial charge in [-0.05, 0) is 27.7 Å². The van der Waals surface area contributed by atoms with E-state index in [1.807, 2.05) is 27.7 Å². The molecule has 1 heterocycles. The highest BCUT2D eigenvalue weighted by atomic mass is 16.5. The van der Waals surface area contributed by atoms with Crippen LogP contribution in [0.5, 0.6) is 6.01 Å². The number of hydrogen-bond acceptors (Lipinski definition) is 7. The first-order valence-corrected chi connectivity index (χ1v) is 6.67. The number of rotatable bonds is 9. The lowest BCUT2D eigenvalue weighted by Gasteiger charge is -2.13. The van der Waals surface area contributed by atoms with Gasteiger partial charge in [0, 0.05) is 19.7 Å². The zero-order valence-corrected chi connectivity index (χ0v) is 12.1. The second-order valence-corrected chi connectivity index (χ2v) is 3.88. The van der Waals surface area contributed by atoms with Gasteiger partial charge < -0.3 is 20.1 Å². The first kappa shape index (κ1) is 15.4. The van der Waals surface area contributed by atoms with Gasteiger partial charge in [-0.2, -0.15) is 15.0 Å². The van der Waals surface area contributed by atoms with E-state index in [1.165, 1.54) is 0 Å². The van der Waals surface area contributed by atoms with E-state index >= 15 is 0 Å². The van der Waals surface area contributed by atoms with E-state index in [4.69, 9.17) is 9.47 Å². The van der Waals surface area contributed by atoms with Crippen LogP contribution in [-0.2, 0) is 4.74 Å². The molecule has 7 nitrogen and oxygen atoms in total. The molecule has 19 heavy (non-hydrogen) atoms. The molecular formula is C12H23N5O2. The molecule has 2 N–H and O–H groups in total. The summed E-state index contributed by atoms with van der Waals surface area (Å²) in [6, 6.07) is 0.319. The SMILES string of the molecule is CCNc1nc(NCC(C)OCC)nc(OCC)n1. The van der Waals surface area contributed by atoms with Gasteiger partial charge >= 0.3 is 6.01 Å². The third kappa shape index (κ3) is 5.69. The summed E-state index contributed by atoms with van der Waals surface area (Å²) in [4.78, 5) is 12.6. The molecule has 0 fully saturated rings. The average molecular weight is 269 g/mol. The van der Waals surface area contributed by atoms with Gasteiger partial charge in [-0.3, -0.25) is 0 Å². The van der Waals surface area contributed by atoms with E-state index in [-0.39, 0.29) is 6.10 Å². The van der Waals surface area contributed by atoms with Crippen LogP contribution in [0.4, 0.5) is 11.9 Å². The van der Waals surface area contributed by atoms with Crippen molar-refractivity contribution in [2.24, 2.45) is 0 Å². The van der Waals surface area contributed by atoms with Gasteiger partial charge in [0.1, 0.15) is 0 Å². The highest BCUT2D eigenvalue weighted by Gasteiger charge is 2.08. The van der Waals surface area contributed by atoms with Crippen LogP contribution in [-0.4, -0.2) is 47.4 Å². The quantitative estimate of drug-likeness (QED) is 0.703. The monoisotopic (exact) mass is 269 g/mol. The number of nitrogens with one attached hydrogen (secondary N) is 2. The Labute approximate surface area is 114 Å². The lowest BCUT2D eigenvalue weighted by Crippen LogP contribution is -2.21. The second-order valence-electron chi connectivity index (χ2n) is 3.88. The van der Waals surface area contributed by atoms with Gasteiger partial charge in [-0.15, -0.1) is 0 Å². The van der Waals surface area contributed by atoms with Crippen LogP contribution < -0.4 is 15.4 Å². The molecule has 0 aliphatic carbocycles. The molecule has 0 spiro atoms. The van der Waals surface area contributed by atoms with E-state index in [2.05, 4.69) is 25.6 Å². The van der Waals surface area contributed by atoms with E-state index in [0.717, 1.165) is 6.54 Å². The van der Waals surface area contributed by atoms with Crippen LogP contribution in [0.1, 0.15) is 27.7 Å². The van der Waals surface area contributed by atoms with Crippen LogP contribution in [0.25, 0.3) is 0 Å².